The number of rotatable bonds is 4. The number of hydrogen-bond donors (Lipinski definition) is 1. The van der Waals surface area contributed by atoms with Gasteiger partial charge >= 0.3 is 0 Å². The third kappa shape index (κ3) is 3.65. The summed E-state index contributed by atoms with van der Waals surface area (Å²) in [6.07, 6.45) is 3.70. The number of hydrogen-bond acceptors (Lipinski definition) is 5. The Morgan fingerprint density at radius 2 is 2.00 bits per heavy atom. The van der Waals surface area contributed by atoms with Crippen molar-refractivity contribution in [2.24, 2.45) is 0 Å². The number of nitrogens with one attached hydrogen (secondary N) is 1. The zero-order chi connectivity index (χ0) is 14.7. The molecule has 2 aromatic rings. The smallest absolute Gasteiger partial charge is 0.174 e. The molecular weight excluding hydrogens is 298 g/mol. The molecule has 0 saturated heterocycles. The first kappa shape index (κ1) is 15.0. The standard InChI is InChI=1S/C16H21N3S2/c1-11-18-19-16(20-11)21-15-10-13(8-9-14(15)17-2)12-6-4-3-5-7-12/h3-7,13-15,17H,8-10H2,1-2H3. The van der Waals surface area contributed by atoms with E-state index in [1.54, 1.807) is 11.3 Å². The summed E-state index contributed by atoms with van der Waals surface area (Å²) >= 11 is 3.60. The van der Waals surface area contributed by atoms with E-state index >= 15 is 0 Å². The van der Waals surface area contributed by atoms with Gasteiger partial charge in [0.05, 0.1) is 0 Å². The summed E-state index contributed by atoms with van der Waals surface area (Å²) in [5, 5.41) is 13.5. The molecule has 1 aliphatic carbocycles. The average Bonchev–Trinajstić information content (AvgIpc) is 2.93. The van der Waals surface area contributed by atoms with E-state index in [-0.39, 0.29) is 0 Å². The van der Waals surface area contributed by atoms with Crippen molar-refractivity contribution >= 4 is 23.1 Å². The molecule has 0 aliphatic heterocycles. The topological polar surface area (TPSA) is 37.8 Å². The van der Waals surface area contributed by atoms with Crippen molar-refractivity contribution in [1.29, 1.82) is 0 Å². The SMILES string of the molecule is CNC1CCC(c2ccccc2)CC1Sc1nnc(C)s1. The Hall–Kier alpha value is -0.910. The van der Waals surface area contributed by atoms with Gasteiger partial charge in [-0.15, -0.1) is 10.2 Å². The highest BCUT2D eigenvalue weighted by molar-refractivity contribution is 8.01. The van der Waals surface area contributed by atoms with Crippen LogP contribution in [0.2, 0.25) is 0 Å². The molecule has 1 aromatic heterocycles. The average molecular weight is 319 g/mol. The second-order valence-corrected chi connectivity index (χ2v) is 8.23. The number of aromatic nitrogens is 2. The van der Waals surface area contributed by atoms with Crippen molar-refractivity contribution in [2.45, 2.75) is 47.7 Å². The van der Waals surface area contributed by atoms with Crippen LogP contribution in [0.4, 0.5) is 0 Å². The van der Waals surface area contributed by atoms with Gasteiger partial charge in [0.2, 0.25) is 0 Å². The van der Waals surface area contributed by atoms with E-state index in [9.17, 15) is 0 Å². The summed E-state index contributed by atoms with van der Waals surface area (Å²) in [6, 6.07) is 11.5. The summed E-state index contributed by atoms with van der Waals surface area (Å²) < 4.78 is 1.10. The van der Waals surface area contributed by atoms with Crippen LogP contribution in [-0.4, -0.2) is 28.5 Å². The van der Waals surface area contributed by atoms with Gasteiger partial charge in [0.25, 0.3) is 0 Å². The largest absolute Gasteiger partial charge is 0.316 e. The maximum absolute atomic E-state index is 4.28. The molecule has 3 rings (SSSR count). The minimum Gasteiger partial charge on any atom is -0.316 e. The molecule has 0 radical (unpaired) electrons. The Morgan fingerprint density at radius 1 is 1.19 bits per heavy atom. The van der Waals surface area contributed by atoms with E-state index in [4.69, 9.17) is 0 Å². The molecule has 0 amide bonds. The number of benzene rings is 1. The molecule has 1 saturated carbocycles. The van der Waals surface area contributed by atoms with Gasteiger partial charge in [0, 0.05) is 11.3 Å². The maximum Gasteiger partial charge on any atom is 0.174 e. The summed E-state index contributed by atoms with van der Waals surface area (Å²) in [6.45, 7) is 2.02. The second kappa shape index (κ2) is 6.90. The molecule has 1 N–H and O–H groups in total. The van der Waals surface area contributed by atoms with E-state index in [0.29, 0.717) is 17.2 Å². The molecule has 3 atom stereocenters. The minimum absolute atomic E-state index is 0.569. The molecular formula is C16H21N3S2. The molecule has 5 heteroatoms. The predicted octanol–water partition coefficient (Wildman–Crippen LogP) is 3.86. The molecule has 21 heavy (non-hydrogen) atoms. The monoisotopic (exact) mass is 319 g/mol. The van der Waals surface area contributed by atoms with Gasteiger partial charge in [-0.25, -0.2) is 0 Å². The van der Waals surface area contributed by atoms with Crippen molar-refractivity contribution in [3.05, 3.63) is 40.9 Å². The number of nitrogens with zero attached hydrogens (tertiary/aromatic N) is 2. The lowest BCUT2D eigenvalue weighted by molar-refractivity contribution is 0.369. The van der Waals surface area contributed by atoms with E-state index in [1.165, 1.54) is 24.8 Å². The first-order chi connectivity index (χ1) is 10.3. The van der Waals surface area contributed by atoms with Crippen molar-refractivity contribution < 1.29 is 0 Å². The third-order valence-corrected chi connectivity index (χ3v) is 6.47. The summed E-state index contributed by atoms with van der Waals surface area (Å²) in [4.78, 5) is 0. The Balaban J connectivity index is 1.72. The highest BCUT2D eigenvalue weighted by Crippen LogP contribution is 2.41. The fourth-order valence-corrected chi connectivity index (χ4v) is 5.53. The van der Waals surface area contributed by atoms with Gasteiger partial charge in [-0.2, -0.15) is 0 Å². The quantitative estimate of drug-likeness (QED) is 0.928. The van der Waals surface area contributed by atoms with E-state index in [2.05, 4.69) is 52.9 Å². The fourth-order valence-electron chi connectivity index (χ4n) is 3.07. The van der Waals surface area contributed by atoms with Crippen LogP contribution in [0.15, 0.2) is 34.7 Å². The van der Waals surface area contributed by atoms with Crippen LogP contribution in [0.3, 0.4) is 0 Å². The van der Waals surface area contributed by atoms with Crippen molar-refractivity contribution in [2.75, 3.05) is 7.05 Å². The van der Waals surface area contributed by atoms with Crippen molar-refractivity contribution in [3.8, 4) is 0 Å². The normalized spacial score (nSPS) is 25.9. The molecule has 1 fully saturated rings. The molecule has 1 aromatic carbocycles. The lowest BCUT2D eigenvalue weighted by Crippen LogP contribution is -2.40. The van der Waals surface area contributed by atoms with Crippen LogP contribution in [-0.2, 0) is 0 Å². The van der Waals surface area contributed by atoms with Gasteiger partial charge in [0.15, 0.2) is 4.34 Å². The summed E-state index contributed by atoms with van der Waals surface area (Å²) in [5.41, 5.74) is 1.48. The maximum atomic E-state index is 4.28. The molecule has 112 valence electrons. The third-order valence-electron chi connectivity index (χ3n) is 4.19. The van der Waals surface area contributed by atoms with E-state index in [1.807, 2.05) is 18.7 Å². The van der Waals surface area contributed by atoms with Crippen LogP contribution < -0.4 is 5.32 Å². The van der Waals surface area contributed by atoms with Crippen molar-refractivity contribution in [1.82, 2.24) is 15.5 Å². The lowest BCUT2D eigenvalue weighted by atomic mass is 9.81. The fraction of sp³-hybridized carbons (Fsp3) is 0.500. The van der Waals surface area contributed by atoms with Crippen LogP contribution in [0.5, 0.6) is 0 Å². The van der Waals surface area contributed by atoms with Gasteiger partial charge < -0.3 is 5.32 Å². The van der Waals surface area contributed by atoms with Crippen LogP contribution in [0.1, 0.15) is 35.8 Å². The van der Waals surface area contributed by atoms with Crippen LogP contribution in [0, 0.1) is 6.92 Å². The predicted molar refractivity (Wildman–Crippen MR) is 90.2 cm³/mol. The van der Waals surface area contributed by atoms with E-state index in [0.717, 1.165) is 9.35 Å². The van der Waals surface area contributed by atoms with E-state index < -0.39 is 0 Å². The van der Waals surface area contributed by atoms with Gasteiger partial charge in [-0.3, -0.25) is 0 Å². The Bertz CT molecular complexity index is 570. The van der Waals surface area contributed by atoms with Crippen molar-refractivity contribution in [3.63, 3.8) is 0 Å². The summed E-state index contributed by atoms with van der Waals surface area (Å²) in [5.74, 6) is 0.669. The van der Waals surface area contributed by atoms with Crippen LogP contribution >= 0.6 is 23.1 Å². The van der Waals surface area contributed by atoms with Crippen LogP contribution in [0.25, 0.3) is 0 Å². The number of thioether (sulfide) groups is 1. The first-order valence-corrected chi connectivity index (χ1v) is 9.15. The minimum atomic E-state index is 0.569. The Morgan fingerprint density at radius 3 is 2.67 bits per heavy atom. The molecule has 0 bridgehead atoms. The zero-order valence-corrected chi connectivity index (χ0v) is 14.1. The lowest BCUT2D eigenvalue weighted by Gasteiger charge is -2.35. The molecule has 3 nitrogen and oxygen atoms in total. The van der Waals surface area contributed by atoms with Gasteiger partial charge in [-0.1, -0.05) is 53.4 Å². The summed E-state index contributed by atoms with van der Waals surface area (Å²) in [7, 11) is 2.08. The highest BCUT2D eigenvalue weighted by Gasteiger charge is 2.31. The molecule has 3 unspecified atom stereocenters. The number of aryl methyl sites for hydroxylation is 1. The zero-order valence-electron chi connectivity index (χ0n) is 12.5. The second-order valence-electron chi connectivity index (χ2n) is 5.56. The molecule has 1 heterocycles. The van der Waals surface area contributed by atoms with Gasteiger partial charge in [-0.05, 0) is 44.7 Å². The molecule has 0 spiro atoms. The van der Waals surface area contributed by atoms with Gasteiger partial charge in [0.1, 0.15) is 5.01 Å². The first-order valence-electron chi connectivity index (χ1n) is 7.45. The highest BCUT2D eigenvalue weighted by atomic mass is 32.2. The Labute approximate surface area is 134 Å². The Kier molecular flexibility index (Phi) is 4.93. The molecule has 1 aliphatic rings.